The summed E-state index contributed by atoms with van der Waals surface area (Å²) in [5.74, 6) is -0.0854. The zero-order valence-corrected chi connectivity index (χ0v) is 15.1. The highest BCUT2D eigenvalue weighted by Gasteiger charge is 2.29. The van der Waals surface area contributed by atoms with Crippen molar-refractivity contribution in [2.24, 2.45) is 0 Å². The number of carbonyl (C=O) groups excluding carboxylic acids is 1. The molecule has 2 aromatic heterocycles. The van der Waals surface area contributed by atoms with Crippen molar-refractivity contribution in [2.75, 3.05) is 26.2 Å². The summed E-state index contributed by atoms with van der Waals surface area (Å²) in [6.45, 7) is 7.74. The molecule has 0 spiro atoms. The van der Waals surface area contributed by atoms with Crippen LogP contribution in [0.4, 0.5) is 0 Å². The Labute approximate surface area is 148 Å². The average Bonchev–Trinajstić information content (AvgIpc) is 3.08. The van der Waals surface area contributed by atoms with Crippen molar-refractivity contribution >= 4 is 11.6 Å². The lowest BCUT2D eigenvalue weighted by Gasteiger charge is -2.34. The van der Waals surface area contributed by atoms with E-state index in [9.17, 15) is 9.90 Å². The van der Waals surface area contributed by atoms with E-state index >= 15 is 0 Å². The Morgan fingerprint density at radius 1 is 1.32 bits per heavy atom. The van der Waals surface area contributed by atoms with Gasteiger partial charge >= 0.3 is 0 Å². The highest BCUT2D eigenvalue weighted by molar-refractivity contribution is 5.99. The quantitative estimate of drug-likeness (QED) is 0.860. The van der Waals surface area contributed by atoms with E-state index in [-0.39, 0.29) is 18.6 Å². The fourth-order valence-corrected chi connectivity index (χ4v) is 3.46. The number of aliphatic hydroxyl groups is 1. The monoisotopic (exact) mass is 345 g/mol. The number of likely N-dealkylation sites (tertiary alicyclic amines) is 1. The number of piperidine rings is 1. The topological polar surface area (TPSA) is 74.0 Å². The molecule has 3 rings (SSSR count). The molecule has 7 nitrogen and oxygen atoms in total. The summed E-state index contributed by atoms with van der Waals surface area (Å²) in [6.07, 6.45) is 8.24. The summed E-state index contributed by atoms with van der Waals surface area (Å²) in [5.41, 5.74) is 2.16. The number of nitrogens with zero attached hydrogens (tertiary/aromatic N) is 5. The van der Waals surface area contributed by atoms with Crippen LogP contribution >= 0.6 is 0 Å². The van der Waals surface area contributed by atoms with Crippen molar-refractivity contribution in [1.82, 2.24) is 24.4 Å². The molecule has 0 bridgehead atoms. The zero-order valence-electron chi connectivity index (χ0n) is 15.1. The number of aliphatic hydroxyl groups excluding tert-OH is 1. The van der Waals surface area contributed by atoms with Crippen molar-refractivity contribution < 1.29 is 9.90 Å². The maximum absolute atomic E-state index is 12.9. The van der Waals surface area contributed by atoms with Crippen molar-refractivity contribution in [2.45, 2.75) is 45.7 Å². The van der Waals surface area contributed by atoms with Gasteiger partial charge in [0.2, 0.25) is 0 Å². The van der Waals surface area contributed by atoms with Crippen molar-refractivity contribution in [3.05, 3.63) is 29.7 Å². The van der Waals surface area contributed by atoms with Gasteiger partial charge in [0.05, 0.1) is 18.8 Å². The van der Waals surface area contributed by atoms with Crippen molar-refractivity contribution in [3.8, 4) is 0 Å². The molecule has 1 saturated heterocycles. The van der Waals surface area contributed by atoms with Crippen LogP contribution < -0.4 is 0 Å². The van der Waals surface area contributed by atoms with E-state index < -0.39 is 0 Å². The van der Waals surface area contributed by atoms with Crippen molar-refractivity contribution in [1.29, 1.82) is 0 Å². The maximum Gasteiger partial charge on any atom is 0.259 e. The number of carbonyl (C=O) groups is 1. The minimum Gasteiger partial charge on any atom is -0.394 e. The van der Waals surface area contributed by atoms with Crippen LogP contribution in [0.15, 0.2) is 18.6 Å². The molecule has 0 aromatic carbocycles. The second-order valence-electron chi connectivity index (χ2n) is 6.58. The van der Waals surface area contributed by atoms with E-state index in [1.165, 1.54) is 0 Å². The molecular formula is C18H27N5O2. The van der Waals surface area contributed by atoms with Gasteiger partial charge in [0.1, 0.15) is 5.56 Å². The van der Waals surface area contributed by atoms with Crippen LogP contribution in [-0.2, 0) is 6.54 Å². The molecule has 1 aliphatic heterocycles. The molecule has 1 fully saturated rings. The predicted molar refractivity (Wildman–Crippen MR) is 95.4 cm³/mol. The largest absolute Gasteiger partial charge is 0.394 e. The van der Waals surface area contributed by atoms with Gasteiger partial charge in [-0.2, -0.15) is 5.10 Å². The molecule has 1 N–H and O–H groups in total. The third kappa shape index (κ3) is 3.67. The van der Waals surface area contributed by atoms with Gasteiger partial charge in [-0.05, 0) is 32.4 Å². The lowest BCUT2D eigenvalue weighted by Crippen LogP contribution is -2.45. The van der Waals surface area contributed by atoms with Gasteiger partial charge in [-0.15, -0.1) is 0 Å². The molecule has 136 valence electrons. The van der Waals surface area contributed by atoms with Crippen LogP contribution in [0, 0.1) is 0 Å². The first kappa shape index (κ1) is 17.8. The molecule has 0 saturated carbocycles. The Morgan fingerprint density at radius 2 is 2.12 bits per heavy atom. The summed E-state index contributed by atoms with van der Waals surface area (Å²) in [5, 5.41) is 13.9. The van der Waals surface area contributed by atoms with Crippen molar-refractivity contribution in [3.63, 3.8) is 0 Å². The average molecular weight is 345 g/mol. The molecule has 1 amide bonds. The van der Waals surface area contributed by atoms with Gasteiger partial charge < -0.3 is 10.0 Å². The summed E-state index contributed by atoms with van der Waals surface area (Å²) in [4.78, 5) is 21.5. The number of hydrogen-bond acceptors (Lipinski definition) is 5. The summed E-state index contributed by atoms with van der Waals surface area (Å²) in [7, 11) is 0. The molecule has 1 aliphatic rings. The Kier molecular flexibility index (Phi) is 5.65. The molecule has 0 unspecified atom stereocenters. The maximum atomic E-state index is 12.9. The van der Waals surface area contributed by atoms with Gasteiger partial charge in [-0.1, -0.05) is 13.8 Å². The Bertz CT molecular complexity index is 725. The van der Waals surface area contributed by atoms with Crippen LogP contribution in [0.1, 0.15) is 49.0 Å². The van der Waals surface area contributed by atoms with Gasteiger partial charge in [0, 0.05) is 31.0 Å². The van der Waals surface area contributed by atoms with Gasteiger partial charge in [-0.3, -0.25) is 9.69 Å². The normalized spacial score (nSPS) is 18.2. The second-order valence-corrected chi connectivity index (χ2v) is 6.58. The lowest BCUT2D eigenvalue weighted by atomic mass is 10.0. The molecule has 25 heavy (non-hydrogen) atoms. The predicted octanol–water partition coefficient (Wildman–Crippen LogP) is 1.56. The van der Waals surface area contributed by atoms with Crippen LogP contribution in [0.3, 0.4) is 0 Å². The number of hydrogen-bond donors (Lipinski definition) is 1. The summed E-state index contributed by atoms with van der Waals surface area (Å²) >= 11 is 0. The summed E-state index contributed by atoms with van der Waals surface area (Å²) < 4.78 is 1.68. The fourth-order valence-electron chi connectivity index (χ4n) is 3.46. The number of fused-ring (bicyclic) bond motifs is 1. The third-order valence-electron chi connectivity index (χ3n) is 5.04. The van der Waals surface area contributed by atoms with Gasteiger partial charge in [0.25, 0.3) is 5.91 Å². The van der Waals surface area contributed by atoms with Crippen LogP contribution in [-0.4, -0.2) is 67.7 Å². The van der Waals surface area contributed by atoms with E-state index in [4.69, 9.17) is 0 Å². The van der Waals surface area contributed by atoms with E-state index in [0.717, 1.165) is 44.5 Å². The Balaban J connectivity index is 1.84. The minimum absolute atomic E-state index is 0.00635. The first-order valence-electron chi connectivity index (χ1n) is 9.14. The number of aromatic nitrogens is 3. The first-order valence-corrected chi connectivity index (χ1v) is 9.14. The SMILES string of the molecule is CCN(CC)Cc1cnc2c(C(=O)N3CCCC[C@H]3CO)cnn2c1. The first-order chi connectivity index (χ1) is 12.2. The minimum atomic E-state index is -0.0989. The Hall–Kier alpha value is -1.99. The molecule has 1 atom stereocenters. The molecule has 3 heterocycles. The smallest absolute Gasteiger partial charge is 0.259 e. The highest BCUT2D eigenvalue weighted by Crippen LogP contribution is 2.21. The van der Waals surface area contributed by atoms with Crippen LogP contribution in [0.5, 0.6) is 0 Å². The zero-order chi connectivity index (χ0) is 17.8. The van der Waals surface area contributed by atoms with E-state index in [1.807, 2.05) is 12.4 Å². The summed E-state index contributed by atoms with van der Waals surface area (Å²) in [6, 6.07) is -0.0989. The second kappa shape index (κ2) is 7.93. The molecule has 0 radical (unpaired) electrons. The fraction of sp³-hybridized carbons (Fsp3) is 0.611. The third-order valence-corrected chi connectivity index (χ3v) is 5.04. The molecule has 2 aromatic rings. The molecular weight excluding hydrogens is 318 g/mol. The number of amides is 1. The lowest BCUT2D eigenvalue weighted by molar-refractivity contribution is 0.0504. The Morgan fingerprint density at radius 3 is 2.84 bits per heavy atom. The van der Waals surface area contributed by atoms with Gasteiger partial charge in [-0.25, -0.2) is 9.50 Å². The van der Waals surface area contributed by atoms with Crippen LogP contribution in [0.2, 0.25) is 0 Å². The van der Waals surface area contributed by atoms with Crippen LogP contribution in [0.25, 0.3) is 5.65 Å². The number of rotatable bonds is 6. The highest BCUT2D eigenvalue weighted by atomic mass is 16.3. The van der Waals surface area contributed by atoms with E-state index in [2.05, 4.69) is 28.8 Å². The molecule has 7 heteroatoms. The van der Waals surface area contributed by atoms with Gasteiger partial charge in [0.15, 0.2) is 5.65 Å². The molecule has 0 aliphatic carbocycles. The standard InChI is InChI=1S/C18H27N5O2/c1-3-21(4-2)11-14-9-19-17-16(10-20-23(17)12-14)18(25)22-8-6-5-7-15(22)13-24/h9-10,12,15,24H,3-8,11,13H2,1-2H3/t15-/m0/s1. The van der Waals surface area contributed by atoms with E-state index in [1.54, 1.807) is 15.6 Å². The van der Waals surface area contributed by atoms with E-state index in [0.29, 0.717) is 17.8 Å².